The average molecular weight is 414 g/mol. The van der Waals surface area contributed by atoms with Crippen molar-refractivity contribution in [3.8, 4) is 5.75 Å². The smallest absolute Gasteiger partial charge is 0.338 e. The zero-order valence-electron chi connectivity index (χ0n) is 17.3. The summed E-state index contributed by atoms with van der Waals surface area (Å²) in [5.74, 6) is 0.176. The molecule has 7 nitrogen and oxygen atoms in total. The van der Waals surface area contributed by atoms with E-state index in [-0.39, 0.29) is 47.4 Å². The van der Waals surface area contributed by atoms with Crippen LogP contribution in [0.2, 0.25) is 0 Å². The summed E-state index contributed by atoms with van der Waals surface area (Å²) in [5.41, 5.74) is 0.169. The van der Waals surface area contributed by atoms with E-state index >= 15 is 0 Å². The molecule has 0 amide bonds. The SMILES string of the molecule is COc1ccc(C(=O)OCCOC(C)C)cc1S(=O)(=O)N1CC(C)CC(C)C1. The summed E-state index contributed by atoms with van der Waals surface area (Å²) in [4.78, 5) is 12.3. The number of benzene rings is 1. The van der Waals surface area contributed by atoms with Crippen LogP contribution in [0.3, 0.4) is 0 Å². The van der Waals surface area contributed by atoms with Gasteiger partial charge in [-0.3, -0.25) is 0 Å². The van der Waals surface area contributed by atoms with Crippen molar-refractivity contribution in [2.75, 3.05) is 33.4 Å². The van der Waals surface area contributed by atoms with Crippen LogP contribution < -0.4 is 4.74 Å². The highest BCUT2D eigenvalue weighted by molar-refractivity contribution is 7.89. The minimum absolute atomic E-state index is 0.0100. The Labute approximate surface area is 168 Å². The third-order valence-corrected chi connectivity index (χ3v) is 6.47. The Bertz CT molecular complexity index is 767. The summed E-state index contributed by atoms with van der Waals surface area (Å²) in [6.45, 7) is 9.18. The average Bonchev–Trinajstić information content (AvgIpc) is 2.63. The van der Waals surface area contributed by atoms with Crippen molar-refractivity contribution >= 4 is 16.0 Å². The van der Waals surface area contributed by atoms with Crippen molar-refractivity contribution in [2.45, 2.75) is 45.1 Å². The van der Waals surface area contributed by atoms with E-state index in [0.29, 0.717) is 13.1 Å². The summed E-state index contributed by atoms with van der Waals surface area (Å²) in [5, 5.41) is 0. The summed E-state index contributed by atoms with van der Waals surface area (Å²) in [6, 6.07) is 4.33. The molecule has 158 valence electrons. The Morgan fingerprint density at radius 1 is 1.18 bits per heavy atom. The van der Waals surface area contributed by atoms with Crippen LogP contribution in [0.5, 0.6) is 5.75 Å². The van der Waals surface area contributed by atoms with Gasteiger partial charge in [0.1, 0.15) is 17.3 Å². The van der Waals surface area contributed by atoms with Crippen molar-refractivity contribution in [3.63, 3.8) is 0 Å². The summed E-state index contributed by atoms with van der Waals surface area (Å²) in [6.07, 6.45) is 1.04. The van der Waals surface area contributed by atoms with E-state index in [1.807, 2.05) is 27.7 Å². The number of hydrogen-bond acceptors (Lipinski definition) is 6. The summed E-state index contributed by atoms with van der Waals surface area (Å²) >= 11 is 0. The summed E-state index contributed by atoms with van der Waals surface area (Å²) in [7, 11) is -2.37. The quantitative estimate of drug-likeness (QED) is 0.481. The van der Waals surface area contributed by atoms with Gasteiger partial charge in [0.25, 0.3) is 0 Å². The van der Waals surface area contributed by atoms with Crippen molar-refractivity contribution in [1.82, 2.24) is 4.31 Å². The molecule has 28 heavy (non-hydrogen) atoms. The molecule has 0 aromatic heterocycles. The molecule has 0 spiro atoms. The van der Waals surface area contributed by atoms with E-state index in [9.17, 15) is 13.2 Å². The van der Waals surface area contributed by atoms with Gasteiger partial charge in [0, 0.05) is 13.1 Å². The second-order valence-electron chi connectivity index (χ2n) is 7.69. The van der Waals surface area contributed by atoms with Gasteiger partial charge >= 0.3 is 5.97 Å². The first kappa shape index (κ1) is 22.6. The Hall–Kier alpha value is -1.64. The number of carbonyl (C=O) groups is 1. The number of nitrogens with zero attached hydrogens (tertiary/aromatic N) is 1. The molecule has 1 aromatic carbocycles. The molecule has 0 bridgehead atoms. The maximum atomic E-state index is 13.2. The minimum Gasteiger partial charge on any atom is -0.495 e. The topological polar surface area (TPSA) is 82.1 Å². The van der Waals surface area contributed by atoms with E-state index in [0.717, 1.165) is 6.42 Å². The van der Waals surface area contributed by atoms with Crippen LogP contribution in [-0.4, -0.2) is 58.2 Å². The van der Waals surface area contributed by atoms with Crippen LogP contribution in [0.1, 0.15) is 44.5 Å². The monoisotopic (exact) mass is 413 g/mol. The Kier molecular flexibility index (Phi) is 7.86. The van der Waals surface area contributed by atoms with Gasteiger partial charge in [0.2, 0.25) is 10.0 Å². The van der Waals surface area contributed by atoms with Gasteiger partial charge in [0.15, 0.2) is 0 Å². The molecular weight excluding hydrogens is 382 g/mol. The number of piperidine rings is 1. The second-order valence-corrected chi connectivity index (χ2v) is 9.60. The standard InChI is InChI=1S/C20H31NO6S/c1-14(2)26-8-9-27-20(22)17-6-7-18(25-5)19(11-17)28(23,24)21-12-15(3)10-16(4)13-21/h6-7,11,14-16H,8-10,12-13H2,1-5H3. The van der Waals surface area contributed by atoms with Gasteiger partial charge < -0.3 is 14.2 Å². The van der Waals surface area contributed by atoms with Crippen LogP contribution in [0, 0.1) is 11.8 Å². The largest absolute Gasteiger partial charge is 0.495 e. The molecule has 0 N–H and O–H groups in total. The number of carbonyl (C=O) groups excluding carboxylic acids is 1. The minimum atomic E-state index is -3.79. The van der Waals surface area contributed by atoms with Crippen LogP contribution in [0.4, 0.5) is 0 Å². The van der Waals surface area contributed by atoms with Gasteiger partial charge in [-0.1, -0.05) is 13.8 Å². The van der Waals surface area contributed by atoms with Gasteiger partial charge in [-0.25, -0.2) is 13.2 Å². The fourth-order valence-electron chi connectivity index (χ4n) is 3.45. The summed E-state index contributed by atoms with van der Waals surface area (Å²) < 4.78 is 43.8. The molecule has 0 saturated carbocycles. The van der Waals surface area contributed by atoms with E-state index in [4.69, 9.17) is 14.2 Å². The van der Waals surface area contributed by atoms with Gasteiger partial charge in [-0.05, 0) is 50.3 Å². The molecule has 1 fully saturated rings. The van der Waals surface area contributed by atoms with E-state index in [1.54, 1.807) is 0 Å². The molecular formula is C20H31NO6S. The number of methoxy groups -OCH3 is 1. The maximum absolute atomic E-state index is 13.2. The molecule has 1 aliphatic rings. The van der Waals surface area contributed by atoms with E-state index in [2.05, 4.69) is 0 Å². The zero-order chi connectivity index (χ0) is 20.9. The second kappa shape index (κ2) is 9.71. The predicted octanol–water partition coefficient (Wildman–Crippen LogP) is 2.94. The maximum Gasteiger partial charge on any atom is 0.338 e. The molecule has 1 heterocycles. The Morgan fingerprint density at radius 2 is 1.82 bits per heavy atom. The number of ether oxygens (including phenoxy) is 3. The van der Waals surface area contributed by atoms with Crippen LogP contribution in [0.15, 0.2) is 23.1 Å². The van der Waals surface area contributed by atoms with Gasteiger partial charge in [-0.2, -0.15) is 4.31 Å². The fourth-order valence-corrected chi connectivity index (χ4v) is 5.31. The van der Waals surface area contributed by atoms with Gasteiger partial charge in [-0.15, -0.1) is 0 Å². The van der Waals surface area contributed by atoms with E-state index in [1.165, 1.54) is 29.6 Å². The van der Waals surface area contributed by atoms with Crippen molar-refractivity contribution in [3.05, 3.63) is 23.8 Å². The van der Waals surface area contributed by atoms with Crippen molar-refractivity contribution < 1.29 is 27.4 Å². The molecule has 2 rings (SSSR count). The van der Waals surface area contributed by atoms with Gasteiger partial charge in [0.05, 0.1) is 25.4 Å². The highest BCUT2D eigenvalue weighted by Crippen LogP contribution is 2.32. The number of rotatable bonds is 8. The molecule has 8 heteroatoms. The lowest BCUT2D eigenvalue weighted by Crippen LogP contribution is -2.42. The molecule has 0 aliphatic carbocycles. The predicted molar refractivity (Wildman–Crippen MR) is 106 cm³/mol. The first-order valence-corrected chi connectivity index (χ1v) is 11.1. The lowest BCUT2D eigenvalue weighted by Gasteiger charge is -2.34. The lowest BCUT2D eigenvalue weighted by atomic mass is 9.94. The highest BCUT2D eigenvalue weighted by atomic mass is 32.2. The lowest BCUT2D eigenvalue weighted by molar-refractivity contribution is 0.0176. The Balaban J connectivity index is 2.23. The molecule has 1 aromatic rings. The zero-order valence-corrected chi connectivity index (χ0v) is 18.1. The van der Waals surface area contributed by atoms with Crippen LogP contribution in [-0.2, 0) is 19.5 Å². The molecule has 2 atom stereocenters. The van der Waals surface area contributed by atoms with Crippen LogP contribution in [0.25, 0.3) is 0 Å². The van der Waals surface area contributed by atoms with Crippen LogP contribution >= 0.6 is 0 Å². The van der Waals surface area contributed by atoms with Crippen molar-refractivity contribution in [2.24, 2.45) is 11.8 Å². The fraction of sp³-hybridized carbons (Fsp3) is 0.650. The molecule has 2 unspecified atom stereocenters. The number of esters is 1. The normalized spacial score (nSPS) is 20.9. The molecule has 1 saturated heterocycles. The first-order chi connectivity index (χ1) is 13.1. The first-order valence-electron chi connectivity index (χ1n) is 9.62. The Morgan fingerprint density at radius 3 is 2.39 bits per heavy atom. The number of sulfonamides is 1. The van der Waals surface area contributed by atoms with E-state index < -0.39 is 16.0 Å². The van der Waals surface area contributed by atoms with Crippen molar-refractivity contribution in [1.29, 1.82) is 0 Å². The third kappa shape index (κ3) is 5.68. The molecule has 1 aliphatic heterocycles. The molecule has 0 radical (unpaired) electrons. The third-order valence-electron chi connectivity index (χ3n) is 4.62. The highest BCUT2D eigenvalue weighted by Gasteiger charge is 2.34. The number of hydrogen-bond donors (Lipinski definition) is 0.